The van der Waals surface area contributed by atoms with E-state index in [2.05, 4.69) is 33.2 Å². The largest absolute Gasteiger partial charge is 0.465 e. The summed E-state index contributed by atoms with van der Waals surface area (Å²) in [7, 11) is 4.95. The third kappa shape index (κ3) is 15.4. The van der Waals surface area contributed by atoms with Gasteiger partial charge in [-0.25, -0.2) is 19.2 Å². The van der Waals surface area contributed by atoms with Crippen molar-refractivity contribution in [2.45, 2.75) is 87.5 Å². The van der Waals surface area contributed by atoms with Crippen molar-refractivity contribution in [2.75, 3.05) is 68.1 Å². The van der Waals surface area contributed by atoms with Crippen molar-refractivity contribution in [2.24, 2.45) is 16.2 Å². The fourth-order valence-corrected chi connectivity index (χ4v) is 9.86. The van der Waals surface area contributed by atoms with Crippen molar-refractivity contribution in [3.05, 3.63) is 116 Å². The smallest absolute Gasteiger partial charge is 0.339 e. The zero-order valence-electron chi connectivity index (χ0n) is 50.2. The van der Waals surface area contributed by atoms with E-state index in [4.69, 9.17) is 63.6 Å². The van der Waals surface area contributed by atoms with E-state index in [1.54, 1.807) is 90.1 Å². The van der Waals surface area contributed by atoms with Gasteiger partial charge in [0.25, 0.3) is 0 Å². The predicted octanol–water partition coefficient (Wildman–Crippen LogP) is 8.02. The van der Waals surface area contributed by atoms with Gasteiger partial charge in [0.2, 0.25) is 0 Å². The number of ether oxygens (including phenoxy) is 10. The van der Waals surface area contributed by atoms with Crippen LogP contribution in [0.2, 0.25) is 0 Å². The van der Waals surface area contributed by atoms with Crippen molar-refractivity contribution in [3.8, 4) is 71.6 Å². The molecule has 88 heavy (non-hydrogen) atoms. The first kappa shape index (κ1) is 72.1. The van der Waals surface area contributed by atoms with Gasteiger partial charge in [-0.3, -0.25) is 28.8 Å². The molecule has 0 N–H and O–H groups in total. The van der Waals surface area contributed by atoms with Gasteiger partial charge in [0.15, 0.2) is 16.2 Å². The van der Waals surface area contributed by atoms with Crippen molar-refractivity contribution in [3.63, 3.8) is 0 Å². The Labute approximate surface area is 512 Å². The molecule has 4 aromatic carbocycles. The highest BCUT2D eigenvalue weighted by Crippen LogP contribution is 2.45. The standard InChI is InChI=1S/C40H42O12.C14H10O4.C13H16O4.CH4/c1-7-49-35(43)39(36(44)50-8-2)19-25-13-11-23(15-27(25)21-39)29-17-32(34(42)48-6)30(18-31(29)33(41)47-5)24-12-14-26-20-40(22-28(26)16-24,37(45)51-9-3)38(46)52-10-4;1-5-9-7-12(14(16)18-4)10(6-2)8-11(9)13(15)17-3;1-5-9-13(10-6-2,11(14)16-7-3)12(15)17-8-4;/h11-18H,7-10,19-22H2,1-6H3;1-2,7-8H,3-4H3;1-2H,7-10H2,3-4H3;1H4. The Kier molecular flexibility index (Phi) is 27.0. The number of fused-ring (bicyclic) bond motifs is 2. The second-order valence-corrected chi connectivity index (χ2v) is 19.1. The van der Waals surface area contributed by atoms with Gasteiger partial charge in [0.05, 0.1) is 90.3 Å². The summed E-state index contributed by atoms with van der Waals surface area (Å²) in [4.78, 5) is 126. The van der Waals surface area contributed by atoms with E-state index in [0.29, 0.717) is 33.4 Å². The number of methoxy groups -OCH3 is 4. The summed E-state index contributed by atoms with van der Waals surface area (Å²) in [6, 6.07) is 16.4. The Hall–Kier alpha value is -10.2. The number of esters is 10. The van der Waals surface area contributed by atoms with E-state index in [0.717, 1.165) is 11.1 Å². The lowest BCUT2D eigenvalue weighted by molar-refractivity contribution is -0.173. The third-order valence-electron chi connectivity index (χ3n) is 14.1. The Bertz CT molecular complexity index is 3230. The highest BCUT2D eigenvalue weighted by molar-refractivity contribution is 6.07. The van der Waals surface area contributed by atoms with Crippen LogP contribution >= 0.6 is 0 Å². The zero-order chi connectivity index (χ0) is 64.8. The quantitative estimate of drug-likeness (QED) is 0.0351. The van der Waals surface area contributed by atoms with Gasteiger partial charge in [-0.15, -0.1) is 37.5 Å². The molecule has 0 fully saturated rings. The van der Waals surface area contributed by atoms with Crippen LogP contribution in [0.25, 0.3) is 22.3 Å². The number of hydrogen-bond donors (Lipinski definition) is 0. The molecule has 4 aromatic rings. The predicted molar refractivity (Wildman–Crippen MR) is 321 cm³/mol. The van der Waals surface area contributed by atoms with E-state index in [-0.39, 0.29) is 119 Å². The summed E-state index contributed by atoms with van der Waals surface area (Å²) in [5, 5.41) is 0. The summed E-state index contributed by atoms with van der Waals surface area (Å²) >= 11 is 0. The first-order valence-electron chi connectivity index (χ1n) is 27.4. The van der Waals surface area contributed by atoms with Crippen LogP contribution in [0.15, 0.2) is 60.7 Å². The summed E-state index contributed by atoms with van der Waals surface area (Å²) in [6.45, 7) is 10.6. The molecule has 0 amide bonds. The first-order valence-corrected chi connectivity index (χ1v) is 27.4. The number of terminal acetylenes is 4. The lowest BCUT2D eigenvalue weighted by atomic mass is 9.81. The molecule has 0 aliphatic heterocycles. The Morgan fingerprint density at radius 2 is 0.693 bits per heavy atom. The van der Waals surface area contributed by atoms with Crippen LogP contribution in [0.1, 0.15) is 137 Å². The fraction of sp³-hybridized carbons (Fsp3) is 0.382. The molecular weight excluding hydrogens is 1140 g/mol. The van der Waals surface area contributed by atoms with Crippen LogP contribution in [0, 0.1) is 65.6 Å². The second kappa shape index (κ2) is 32.9. The minimum Gasteiger partial charge on any atom is -0.465 e. The van der Waals surface area contributed by atoms with Gasteiger partial charge in [-0.05, 0) is 136 Å². The lowest BCUT2D eigenvalue weighted by Gasteiger charge is -2.25. The normalized spacial score (nSPS) is 12.4. The monoisotopic (exact) mass is 1210 g/mol. The van der Waals surface area contributed by atoms with Crippen molar-refractivity contribution in [1.29, 1.82) is 0 Å². The summed E-state index contributed by atoms with van der Waals surface area (Å²) in [5.41, 5.74) is 0.950. The van der Waals surface area contributed by atoms with Crippen LogP contribution in [0.5, 0.6) is 0 Å². The lowest BCUT2D eigenvalue weighted by Crippen LogP contribution is -2.43. The fourth-order valence-electron chi connectivity index (χ4n) is 9.86. The molecule has 6 rings (SSSR count). The minimum absolute atomic E-state index is 0. The SMILES string of the molecule is C.C#CCC(CC#C)(C(=O)OCC)C(=O)OCC.C#Cc1cc(C(=O)OC)c(C#C)cc1C(=O)OC.CCOC(=O)C1(C(=O)OCC)Cc2ccc(-c3cc(C(=O)OC)c(-c4ccc5c(c4)CC(C(=O)OCC)(C(=O)OCC)C5)cc3C(=O)OC)cc2C1. The van der Waals surface area contributed by atoms with Gasteiger partial charge in [-0.1, -0.05) is 55.7 Å². The number of carbonyl (C=O) groups is 10. The summed E-state index contributed by atoms with van der Waals surface area (Å²) < 4.78 is 50.4. The average molecular weight is 1210 g/mol. The van der Waals surface area contributed by atoms with Crippen LogP contribution in [-0.2, 0) is 102 Å². The van der Waals surface area contributed by atoms with Gasteiger partial charge in [-0.2, -0.15) is 0 Å². The molecule has 0 saturated heterocycles. The van der Waals surface area contributed by atoms with Crippen molar-refractivity contribution < 1.29 is 95.3 Å². The highest BCUT2D eigenvalue weighted by Gasteiger charge is 2.54. The maximum Gasteiger partial charge on any atom is 0.339 e. The third-order valence-corrected chi connectivity index (χ3v) is 14.1. The van der Waals surface area contributed by atoms with Crippen LogP contribution < -0.4 is 0 Å². The van der Waals surface area contributed by atoms with Gasteiger partial charge < -0.3 is 47.4 Å². The second-order valence-electron chi connectivity index (χ2n) is 19.1. The van der Waals surface area contributed by atoms with Crippen LogP contribution in [0.4, 0.5) is 0 Å². The van der Waals surface area contributed by atoms with Gasteiger partial charge in [0, 0.05) is 24.0 Å². The molecule has 20 nitrogen and oxygen atoms in total. The molecule has 2 aliphatic carbocycles. The average Bonchev–Trinajstić information content (AvgIpc) is 2.19. The van der Waals surface area contributed by atoms with E-state index in [9.17, 15) is 47.9 Å². The number of rotatable bonds is 20. The van der Waals surface area contributed by atoms with Crippen LogP contribution in [-0.4, -0.2) is 128 Å². The molecule has 2 aliphatic rings. The molecule has 0 bridgehead atoms. The molecule has 0 spiro atoms. The topological polar surface area (TPSA) is 263 Å². The number of benzene rings is 4. The van der Waals surface area contributed by atoms with Gasteiger partial charge >= 0.3 is 59.7 Å². The summed E-state index contributed by atoms with van der Waals surface area (Å²) in [5.74, 6) is 2.44. The Balaban J connectivity index is 0.000000459. The van der Waals surface area contributed by atoms with E-state index < -0.39 is 75.9 Å². The molecule has 20 heteroatoms. The molecule has 0 radical (unpaired) electrons. The van der Waals surface area contributed by atoms with Crippen molar-refractivity contribution in [1.82, 2.24) is 0 Å². The minimum atomic E-state index is -1.57. The number of hydrogen-bond acceptors (Lipinski definition) is 20. The molecular formula is C68H72O20. The maximum atomic E-state index is 13.4. The van der Waals surface area contributed by atoms with E-state index in [1.165, 1.54) is 40.6 Å². The summed E-state index contributed by atoms with van der Waals surface area (Å²) in [6.07, 6.45) is 20.9. The molecule has 0 unspecified atom stereocenters. The Morgan fingerprint density at radius 1 is 0.409 bits per heavy atom. The van der Waals surface area contributed by atoms with Gasteiger partial charge in [0.1, 0.15) is 0 Å². The van der Waals surface area contributed by atoms with Crippen LogP contribution in [0.3, 0.4) is 0 Å². The van der Waals surface area contributed by atoms with Crippen molar-refractivity contribution >= 4 is 59.7 Å². The van der Waals surface area contributed by atoms with E-state index >= 15 is 0 Å². The Morgan fingerprint density at radius 3 is 0.955 bits per heavy atom. The molecule has 0 saturated carbocycles. The highest BCUT2D eigenvalue weighted by atomic mass is 16.6. The molecule has 0 atom stereocenters. The molecule has 0 heterocycles. The first-order chi connectivity index (χ1) is 41.6. The molecule has 0 aromatic heterocycles. The molecule has 464 valence electrons. The zero-order valence-corrected chi connectivity index (χ0v) is 50.2. The number of carbonyl (C=O) groups excluding carboxylic acids is 10. The maximum absolute atomic E-state index is 13.4. The van der Waals surface area contributed by atoms with E-state index in [1.807, 2.05) is 0 Å².